The van der Waals surface area contributed by atoms with Crippen molar-refractivity contribution in [1.82, 2.24) is 19.8 Å². The van der Waals surface area contributed by atoms with Crippen molar-refractivity contribution < 1.29 is 9.21 Å². The molecule has 1 amide bonds. The van der Waals surface area contributed by atoms with Gasteiger partial charge in [0, 0.05) is 15.7 Å². The summed E-state index contributed by atoms with van der Waals surface area (Å²) in [7, 11) is 0. The molecule has 0 unspecified atom stereocenters. The Morgan fingerprint density at radius 2 is 1.96 bits per heavy atom. The monoisotopic (exact) mass is 361 g/mol. The van der Waals surface area contributed by atoms with Crippen molar-refractivity contribution in [3.05, 3.63) is 34.8 Å². The predicted octanol–water partition coefficient (Wildman–Crippen LogP) is 3.65. The van der Waals surface area contributed by atoms with Gasteiger partial charge in [0.05, 0.1) is 5.69 Å². The molecule has 0 fully saturated rings. The maximum Gasteiger partial charge on any atom is 0.322 e. The van der Waals surface area contributed by atoms with E-state index >= 15 is 0 Å². The second-order valence-electron chi connectivity index (χ2n) is 5.24. The third kappa shape index (κ3) is 3.80. The third-order valence-corrected chi connectivity index (χ3v) is 4.82. The van der Waals surface area contributed by atoms with Crippen LogP contribution in [0.3, 0.4) is 0 Å². The van der Waals surface area contributed by atoms with Gasteiger partial charge in [0.2, 0.25) is 5.89 Å². The van der Waals surface area contributed by atoms with Crippen LogP contribution < -0.4 is 5.32 Å². The molecule has 0 bridgehead atoms. The number of rotatable bonds is 5. The van der Waals surface area contributed by atoms with Crippen molar-refractivity contribution in [1.29, 1.82) is 0 Å². The van der Waals surface area contributed by atoms with E-state index in [9.17, 15) is 4.79 Å². The van der Waals surface area contributed by atoms with Crippen LogP contribution in [-0.4, -0.2) is 30.9 Å². The standard InChI is InChI=1S/C15H15N5O2S2/c1-8(2)23-11-6-4-10(5-7-11)14-18-19-15(22-14)16-13(21)12-9(3)17-20-24-12/h4-8H,1-3H3,(H,16,19,21). The lowest BCUT2D eigenvalue weighted by Gasteiger charge is -2.04. The zero-order valence-corrected chi connectivity index (χ0v) is 14.9. The lowest BCUT2D eigenvalue weighted by molar-refractivity contribution is 0.102. The Hall–Kier alpha value is -2.26. The van der Waals surface area contributed by atoms with E-state index in [4.69, 9.17) is 4.42 Å². The summed E-state index contributed by atoms with van der Waals surface area (Å²) >= 11 is 2.80. The van der Waals surface area contributed by atoms with E-state index in [1.807, 2.05) is 24.3 Å². The van der Waals surface area contributed by atoms with Crippen LogP contribution in [0.5, 0.6) is 0 Å². The van der Waals surface area contributed by atoms with Gasteiger partial charge in [-0.3, -0.25) is 10.1 Å². The molecule has 2 aromatic heterocycles. The first kappa shape index (κ1) is 16.6. The summed E-state index contributed by atoms with van der Waals surface area (Å²) in [6.07, 6.45) is 0. The van der Waals surface area contributed by atoms with E-state index in [0.29, 0.717) is 21.7 Å². The molecule has 0 aliphatic rings. The second kappa shape index (κ2) is 7.10. The van der Waals surface area contributed by atoms with Crippen molar-refractivity contribution >= 4 is 35.2 Å². The van der Waals surface area contributed by atoms with Crippen LogP contribution in [0.1, 0.15) is 29.2 Å². The maximum absolute atomic E-state index is 12.1. The SMILES string of the molecule is Cc1nnsc1C(=O)Nc1nnc(-c2ccc(SC(C)C)cc2)o1. The highest BCUT2D eigenvalue weighted by atomic mass is 32.2. The number of benzene rings is 1. The normalized spacial score (nSPS) is 11.0. The Balaban J connectivity index is 1.71. The molecule has 9 heteroatoms. The first-order valence-electron chi connectivity index (χ1n) is 7.24. The number of aryl methyl sites for hydroxylation is 1. The molecule has 24 heavy (non-hydrogen) atoms. The van der Waals surface area contributed by atoms with E-state index in [2.05, 4.69) is 38.9 Å². The Morgan fingerprint density at radius 1 is 1.21 bits per heavy atom. The molecule has 124 valence electrons. The van der Waals surface area contributed by atoms with Gasteiger partial charge >= 0.3 is 6.01 Å². The van der Waals surface area contributed by atoms with E-state index in [-0.39, 0.29) is 11.9 Å². The summed E-state index contributed by atoms with van der Waals surface area (Å²) in [5.41, 5.74) is 1.36. The van der Waals surface area contributed by atoms with Crippen molar-refractivity contribution in [3.63, 3.8) is 0 Å². The van der Waals surface area contributed by atoms with Gasteiger partial charge in [0.15, 0.2) is 0 Å². The highest BCUT2D eigenvalue weighted by Gasteiger charge is 2.17. The lowest BCUT2D eigenvalue weighted by atomic mass is 10.2. The van der Waals surface area contributed by atoms with Crippen LogP contribution in [0.25, 0.3) is 11.5 Å². The molecule has 0 spiro atoms. The largest absolute Gasteiger partial charge is 0.403 e. The van der Waals surface area contributed by atoms with Gasteiger partial charge in [-0.15, -0.1) is 22.0 Å². The molecule has 7 nitrogen and oxygen atoms in total. The minimum atomic E-state index is -0.360. The molecule has 3 rings (SSSR count). The van der Waals surface area contributed by atoms with Gasteiger partial charge < -0.3 is 4.42 Å². The highest BCUT2D eigenvalue weighted by molar-refractivity contribution is 7.99. The zero-order chi connectivity index (χ0) is 17.1. The van der Waals surface area contributed by atoms with Crippen LogP contribution in [0.2, 0.25) is 0 Å². The Labute approximate surface area is 147 Å². The van der Waals surface area contributed by atoms with E-state index in [1.54, 1.807) is 18.7 Å². The second-order valence-corrected chi connectivity index (χ2v) is 7.65. The topological polar surface area (TPSA) is 93.8 Å². The highest BCUT2D eigenvalue weighted by Crippen LogP contribution is 2.26. The van der Waals surface area contributed by atoms with Gasteiger partial charge in [-0.1, -0.05) is 23.4 Å². The van der Waals surface area contributed by atoms with Crippen LogP contribution in [-0.2, 0) is 0 Å². The minimum Gasteiger partial charge on any atom is -0.403 e. The molecule has 2 heterocycles. The fraction of sp³-hybridized carbons (Fsp3) is 0.267. The maximum atomic E-state index is 12.1. The summed E-state index contributed by atoms with van der Waals surface area (Å²) in [5.74, 6) is -0.00747. The first-order chi connectivity index (χ1) is 11.5. The fourth-order valence-electron chi connectivity index (χ4n) is 1.93. The van der Waals surface area contributed by atoms with Gasteiger partial charge in [0.1, 0.15) is 4.88 Å². The number of aromatic nitrogens is 4. The Bertz CT molecular complexity index is 842. The molecule has 1 N–H and O–H groups in total. The number of nitrogens with one attached hydrogen (secondary N) is 1. The number of hydrogen-bond donors (Lipinski definition) is 1. The van der Waals surface area contributed by atoms with Crippen LogP contribution in [0.4, 0.5) is 6.01 Å². The van der Waals surface area contributed by atoms with Crippen molar-refractivity contribution in [2.75, 3.05) is 5.32 Å². The molecule has 3 aromatic rings. The van der Waals surface area contributed by atoms with Crippen molar-refractivity contribution in [2.24, 2.45) is 0 Å². The average Bonchev–Trinajstić information content (AvgIpc) is 3.16. The quantitative estimate of drug-likeness (QED) is 0.693. The van der Waals surface area contributed by atoms with E-state index in [0.717, 1.165) is 17.1 Å². The fourth-order valence-corrected chi connectivity index (χ4v) is 3.32. The summed E-state index contributed by atoms with van der Waals surface area (Å²) in [6, 6.07) is 7.90. The molecule has 0 saturated heterocycles. The Morgan fingerprint density at radius 3 is 2.58 bits per heavy atom. The third-order valence-electron chi connectivity index (χ3n) is 2.98. The first-order valence-corrected chi connectivity index (χ1v) is 8.89. The summed E-state index contributed by atoms with van der Waals surface area (Å²) < 4.78 is 9.23. The number of thioether (sulfide) groups is 1. The molecule has 1 aromatic carbocycles. The molecule has 0 aliphatic carbocycles. The number of carbonyl (C=O) groups excluding carboxylic acids is 1. The smallest absolute Gasteiger partial charge is 0.322 e. The van der Waals surface area contributed by atoms with Gasteiger partial charge in [0.25, 0.3) is 5.91 Å². The van der Waals surface area contributed by atoms with Gasteiger partial charge in [-0.2, -0.15) is 0 Å². The molecular weight excluding hydrogens is 346 g/mol. The Kier molecular flexibility index (Phi) is 4.91. The van der Waals surface area contributed by atoms with Crippen molar-refractivity contribution in [2.45, 2.75) is 30.9 Å². The van der Waals surface area contributed by atoms with Crippen molar-refractivity contribution in [3.8, 4) is 11.5 Å². The molecule has 0 atom stereocenters. The minimum absolute atomic E-state index is 0.0448. The van der Waals surface area contributed by atoms with E-state index < -0.39 is 0 Å². The predicted molar refractivity (Wildman–Crippen MR) is 93.3 cm³/mol. The van der Waals surface area contributed by atoms with Crippen LogP contribution in [0, 0.1) is 6.92 Å². The zero-order valence-electron chi connectivity index (χ0n) is 13.3. The number of carbonyl (C=O) groups is 1. The van der Waals surface area contributed by atoms with Gasteiger partial charge in [-0.05, 0) is 42.7 Å². The summed E-state index contributed by atoms with van der Waals surface area (Å²) in [4.78, 5) is 13.7. The number of amides is 1. The molecule has 0 saturated carbocycles. The summed E-state index contributed by atoms with van der Waals surface area (Å²) in [6.45, 7) is 6.01. The van der Waals surface area contributed by atoms with Gasteiger partial charge in [-0.25, -0.2) is 0 Å². The molecule has 0 aliphatic heterocycles. The molecule has 0 radical (unpaired) electrons. The summed E-state index contributed by atoms with van der Waals surface area (Å²) in [5, 5.41) is 14.7. The lowest BCUT2D eigenvalue weighted by Crippen LogP contribution is -2.11. The van der Waals surface area contributed by atoms with E-state index in [1.165, 1.54) is 4.90 Å². The number of nitrogens with zero attached hydrogens (tertiary/aromatic N) is 4. The number of anilines is 1. The van der Waals surface area contributed by atoms with Crippen LogP contribution in [0.15, 0.2) is 33.6 Å². The van der Waals surface area contributed by atoms with Crippen LogP contribution >= 0.6 is 23.3 Å². The number of hydrogen-bond acceptors (Lipinski definition) is 8. The molecular formula is C15H15N5O2S2. The average molecular weight is 361 g/mol.